The zero-order valence-electron chi connectivity index (χ0n) is 10.2. The van der Waals surface area contributed by atoms with Crippen LogP contribution in [0.15, 0.2) is 35.1 Å². The number of aromatic nitrogens is 2. The summed E-state index contributed by atoms with van der Waals surface area (Å²) in [4.78, 5) is 11.6. The van der Waals surface area contributed by atoms with E-state index in [2.05, 4.69) is 21.0 Å². The van der Waals surface area contributed by atoms with Crippen molar-refractivity contribution in [3.63, 3.8) is 0 Å². The minimum Gasteiger partial charge on any atom is -0.497 e. The summed E-state index contributed by atoms with van der Waals surface area (Å²) in [6.45, 7) is 1.86. The van der Waals surface area contributed by atoms with Crippen molar-refractivity contribution in [3.05, 3.63) is 51.9 Å². The van der Waals surface area contributed by atoms with Crippen LogP contribution in [0.1, 0.15) is 11.4 Å². The number of hydrogen-bond donors (Lipinski definition) is 0. The van der Waals surface area contributed by atoms with Gasteiger partial charge in [0.25, 0.3) is 0 Å². The molecule has 0 radical (unpaired) electrons. The van der Waals surface area contributed by atoms with Gasteiger partial charge < -0.3 is 4.74 Å². The Labute approximate surface area is 113 Å². The molecule has 0 N–H and O–H groups in total. The van der Waals surface area contributed by atoms with Crippen LogP contribution in [0.25, 0.3) is 5.69 Å². The van der Waals surface area contributed by atoms with Gasteiger partial charge in [0.15, 0.2) is 0 Å². The van der Waals surface area contributed by atoms with E-state index in [1.54, 1.807) is 17.9 Å². The maximum atomic E-state index is 11.6. The number of rotatable bonds is 3. The summed E-state index contributed by atoms with van der Waals surface area (Å²) >= 11 is 3.27. The number of benzene rings is 1. The molecule has 0 aliphatic rings. The van der Waals surface area contributed by atoms with Gasteiger partial charge in [0.05, 0.1) is 18.1 Å². The first kappa shape index (κ1) is 12.8. The van der Waals surface area contributed by atoms with E-state index in [0.29, 0.717) is 11.0 Å². The molecule has 5 heteroatoms. The number of nitrogens with zero attached hydrogens (tertiary/aromatic N) is 2. The normalized spacial score (nSPS) is 10.4. The van der Waals surface area contributed by atoms with Gasteiger partial charge in [-0.05, 0) is 31.2 Å². The first-order chi connectivity index (χ1) is 8.65. The lowest BCUT2D eigenvalue weighted by molar-refractivity contribution is 0.414. The van der Waals surface area contributed by atoms with Gasteiger partial charge in [0.2, 0.25) is 5.43 Å². The molecule has 0 saturated heterocycles. The van der Waals surface area contributed by atoms with Crippen molar-refractivity contribution in [1.82, 2.24) is 9.78 Å². The first-order valence-electron chi connectivity index (χ1n) is 5.46. The third kappa shape index (κ3) is 2.46. The molecule has 0 unspecified atom stereocenters. The highest BCUT2D eigenvalue weighted by Gasteiger charge is 2.06. The van der Waals surface area contributed by atoms with Crippen LogP contribution < -0.4 is 10.2 Å². The zero-order chi connectivity index (χ0) is 13.1. The van der Waals surface area contributed by atoms with Crippen LogP contribution in [0.2, 0.25) is 0 Å². The minimum absolute atomic E-state index is 0.0471. The molecule has 2 aromatic rings. The molecule has 4 nitrogen and oxygen atoms in total. The molecule has 0 aliphatic heterocycles. The van der Waals surface area contributed by atoms with Gasteiger partial charge in [0.1, 0.15) is 11.4 Å². The summed E-state index contributed by atoms with van der Waals surface area (Å²) in [5.41, 5.74) is 2.15. The van der Waals surface area contributed by atoms with E-state index in [4.69, 9.17) is 4.74 Å². The Kier molecular flexibility index (Phi) is 3.81. The Balaban J connectivity index is 2.52. The number of aryl methyl sites for hydroxylation is 1. The van der Waals surface area contributed by atoms with E-state index in [0.717, 1.165) is 17.1 Å². The molecule has 1 heterocycles. The van der Waals surface area contributed by atoms with Gasteiger partial charge in [-0.3, -0.25) is 4.79 Å². The van der Waals surface area contributed by atoms with Crippen LogP contribution in [0.5, 0.6) is 5.75 Å². The second-order valence-electron chi connectivity index (χ2n) is 3.84. The SMILES string of the molecule is COc1ccc(-n2nc(CBr)c(=O)cc2C)cc1. The summed E-state index contributed by atoms with van der Waals surface area (Å²) < 4.78 is 6.86. The second-order valence-corrected chi connectivity index (χ2v) is 4.40. The number of alkyl halides is 1. The third-order valence-electron chi connectivity index (χ3n) is 2.62. The topological polar surface area (TPSA) is 44.1 Å². The van der Waals surface area contributed by atoms with Gasteiger partial charge in [-0.15, -0.1) is 0 Å². The lowest BCUT2D eigenvalue weighted by Crippen LogP contribution is -2.17. The van der Waals surface area contributed by atoms with Crippen LogP contribution in [0.4, 0.5) is 0 Å². The van der Waals surface area contributed by atoms with Gasteiger partial charge in [-0.2, -0.15) is 5.10 Å². The summed E-state index contributed by atoms with van der Waals surface area (Å²) in [7, 11) is 1.63. The molecule has 0 fully saturated rings. The van der Waals surface area contributed by atoms with Gasteiger partial charge in [0, 0.05) is 11.8 Å². The van der Waals surface area contributed by atoms with Gasteiger partial charge >= 0.3 is 0 Å². The van der Waals surface area contributed by atoms with E-state index in [1.165, 1.54) is 0 Å². The Hall–Kier alpha value is -1.62. The van der Waals surface area contributed by atoms with Gasteiger partial charge in [-0.25, -0.2) is 4.68 Å². The maximum Gasteiger partial charge on any atom is 0.204 e. The van der Waals surface area contributed by atoms with Gasteiger partial charge in [-0.1, -0.05) is 15.9 Å². The molecule has 0 bridgehead atoms. The smallest absolute Gasteiger partial charge is 0.204 e. The highest BCUT2D eigenvalue weighted by atomic mass is 79.9. The summed E-state index contributed by atoms with van der Waals surface area (Å²) in [6.07, 6.45) is 0. The van der Waals surface area contributed by atoms with E-state index >= 15 is 0 Å². The molecular formula is C13H13BrN2O2. The summed E-state index contributed by atoms with van der Waals surface area (Å²) in [6, 6.07) is 9.13. The number of ether oxygens (including phenoxy) is 1. The van der Waals surface area contributed by atoms with Crippen LogP contribution in [0, 0.1) is 6.92 Å². The van der Waals surface area contributed by atoms with Crippen molar-refractivity contribution in [3.8, 4) is 11.4 Å². The van der Waals surface area contributed by atoms with Crippen molar-refractivity contribution in [1.29, 1.82) is 0 Å². The first-order valence-corrected chi connectivity index (χ1v) is 6.58. The Morgan fingerprint density at radius 3 is 2.56 bits per heavy atom. The molecule has 0 atom stereocenters. The van der Waals surface area contributed by atoms with E-state index in [1.807, 2.05) is 31.2 Å². The predicted octanol–water partition coefficient (Wildman–Crippen LogP) is 2.44. The summed E-state index contributed by atoms with van der Waals surface area (Å²) in [5, 5.41) is 4.78. The van der Waals surface area contributed by atoms with Crippen molar-refractivity contribution in [2.45, 2.75) is 12.3 Å². The van der Waals surface area contributed by atoms with Crippen molar-refractivity contribution < 1.29 is 4.74 Å². The Bertz CT molecular complexity index is 605. The molecule has 0 saturated carbocycles. The monoisotopic (exact) mass is 308 g/mol. The van der Waals surface area contributed by atoms with Crippen molar-refractivity contribution in [2.75, 3.05) is 7.11 Å². The van der Waals surface area contributed by atoms with E-state index in [9.17, 15) is 4.79 Å². The van der Waals surface area contributed by atoms with E-state index < -0.39 is 0 Å². The number of halogens is 1. The Morgan fingerprint density at radius 1 is 1.33 bits per heavy atom. The molecule has 0 aliphatic carbocycles. The van der Waals surface area contributed by atoms with Crippen LogP contribution in [0.3, 0.4) is 0 Å². The number of methoxy groups -OCH3 is 1. The molecule has 18 heavy (non-hydrogen) atoms. The summed E-state index contributed by atoms with van der Waals surface area (Å²) in [5.74, 6) is 0.790. The minimum atomic E-state index is -0.0471. The fraction of sp³-hybridized carbons (Fsp3) is 0.231. The standard InChI is InChI=1S/C13H13BrN2O2/c1-9-7-13(17)12(8-14)15-16(9)10-3-5-11(18-2)6-4-10/h3-7H,8H2,1-2H3. The molecule has 1 aromatic carbocycles. The average Bonchev–Trinajstić information content (AvgIpc) is 2.39. The molecular weight excluding hydrogens is 296 g/mol. The maximum absolute atomic E-state index is 11.6. The second kappa shape index (κ2) is 5.35. The Morgan fingerprint density at radius 2 is 2.00 bits per heavy atom. The zero-order valence-corrected chi connectivity index (χ0v) is 11.8. The fourth-order valence-electron chi connectivity index (χ4n) is 1.66. The van der Waals surface area contributed by atoms with Crippen LogP contribution in [-0.2, 0) is 5.33 Å². The average molecular weight is 309 g/mol. The van der Waals surface area contributed by atoms with E-state index in [-0.39, 0.29) is 5.43 Å². The molecule has 0 amide bonds. The van der Waals surface area contributed by atoms with Crippen LogP contribution >= 0.6 is 15.9 Å². The largest absolute Gasteiger partial charge is 0.497 e. The lowest BCUT2D eigenvalue weighted by Gasteiger charge is -2.10. The number of hydrogen-bond acceptors (Lipinski definition) is 3. The van der Waals surface area contributed by atoms with Crippen molar-refractivity contribution in [2.24, 2.45) is 0 Å². The van der Waals surface area contributed by atoms with Crippen molar-refractivity contribution >= 4 is 15.9 Å². The fourth-order valence-corrected chi connectivity index (χ4v) is 2.05. The predicted molar refractivity (Wildman–Crippen MR) is 73.8 cm³/mol. The quantitative estimate of drug-likeness (QED) is 0.818. The highest BCUT2D eigenvalue weighted by Crippen LogP contribution is 2.15. The lowest BCUT2D eigenvalue weighted by atomic mass is 10.3. The molecule has 2 rings (SSSR count). The van der Waals surface area contributed by atoms with Crippen LogP contribution in [-0.4, -0.2) is 16.9 Å². The molecule has 0 spiro atoms. The molecule has 94 valence electrons. The highest BCUT2D eigenvalue weighted by molar-refractivity contribution is 9.08. The third-order valence-corrected chi connectivity index (χ3v) is 3.15. The molecule has 1 aromatic heterocycles.